The van der Waals surface area contributed by atoms with Crippen molar-refractivity contribution in [1.29, 1.82) is 0 Å². The molecule has 1 heterocycles. The Kier molecular flexibility index (Phi) is 7.14. The zero-order valence-electron chi connectivity index (χ0n) is 16.8. The fourth-order valence-electron chi connectivity index (χ4n) is 3.03. The number of carbonyl (C=O) groups excluding carboxylic acids is 1. The third kappa shape index (κ3) is 5.20. The Morgan fingerprint density at radius 1 is 1.17 bits per heavy atom. The molecule has 0 spiro atoms. The molecule has 2 aromatic rings. The number of sulfonamides is 1. The van der Waals surface area contributed by atoms with Crippen molar-refractivity contribution in [1.82, 2.24) is 10.0 Å². The summed E-state index contributed by atoms with van der Waals surface area (Å²) in [5.74, 6) is 0.708. The number of amides is 1. The molecule has 1 aliphatic rings. The topological polar surface area (TPSA) is 87.6 Å². The van der Waals surface area contributed by atoms with Gasteiger partial charge in [-0.1, -0.05) is 44.2 Å². The number of hydrogen-bond donors (Lipinski definition) is 2. The fraction of sp³-hybridized carbons (Fsp3) is 0.333. The summed E-state index contributed by atoms with van der Waals surface area (Å²) in [6, 6.07) is 12.4. The van der Waals surface area contributed by atoms with Gasteiger partial charge in [-0.05, 0) is 29.7 Å². The molecule has 3 rings (SSSR count). The lowest BCUT2D eigenvalue weighted by atomic mass is 10.0. The Balaban J connectivity index is 1.60. The lowest BCUT2D eigenvalue weighted by Gasteiger charge is -2.17. The van der Waals surface area contributed by atoms with E-state index in [9.17, 15) is 17.6 Å². The van der Waals surface area contributed by atoms with Crippen LogP contribution in [0.3, 0.4) is 0 Å². The number of benzene rings is 2. The van der Waals surface area contributed by atoms with E-state index < -0.39 is 16.1 Å². The van der Waals surface area contributed by atoms with Gasteiger partial charge < -0.3 is 5.32 Å². The third-order valence-electron chi connectivity index (χ3n) is 4.59. The molecule has 160 valence electrons. The molecule has 1 aliphatic heterocycles. The molecule has 0 aliphatic carbocycles. The number of amidine groups is 1. The van der Waals surface area contributed by atoms with E-state index in [2.05, 4.69) is 15.0 Å². The molecule has 30 heavy (non-hydrogen) atoms. The number of hydrogen-bond acceptors (Lipinski definition) is 5. The maximum Gasteiger partial charge on any atom is 0.263 e. The highest BCUT2D eigenvalue weighted by atomic mass is 32.2. The first kappa shape index (κ1) is 22.3. The summed E-state index contributed by atoms with van der Waals surface area (Å²) in [6.45, 7) is 4.13. The molecule has 2 aromatic carbocycles. The average Bonchev–Trinajstić information content (AvgIpc) is 2.97. The van der Waals surface area contributed by atoms with Crippen molar-refractivity contribution >= 4 is 33.5 Å². The number of nitrogens with zero attached hydrogens (tertiary/aromatic N) is 1. The lowest BCUT2D eigenvalue weighted by molar-refractivity contribution is -0.123. The summed E-state index contributed by atoms with van der Waals surface area (Å²) < 4.78 is 40.6. The van der Waals surface area contributed by atoms with E-state index in [1.54, 1.807) is 36.4 Å². The molecule has 0 saturated carbocycles. The van der Waals surface area contributed by atoms with Crippen molar-refractivity contribution in [2.45, 2.75) is 30.5 Å². The molecular formula is C21H24FN3O3S2. The predicted octanol–water partition coefficient (Wildman–Crippen LogP) is 2.94. The van der Waals surface area contributed by atoms with Crippen LogP contribution in [0.4, 0.5) is 4.39 Å². The van der Waals surface area contributed by atoms with E-state index in [0.717, 1.165) is 0 Å². The monoisotopic (exact) mass is 449 g/mol. The molecule has 6 nitrogen and oxygen atoms in total. The average molecular weight is 450 g/mol. The Morgan fingerprint density at radius 2 is 1.87 bits per heavy atom. The van der Waals surface area contributed by atoms with Crippen LogP contribution in [0.25, 0.3) is 0 Å². The summed E-state index contributed by atoms with van der Waals surface area (Å²) >= 11 is 1.52. The molecule has 2 N–H and O–H groups in total. The normalized spacial score (nSPS) is 16.9. The van der Waals surface area contributed by atoms with E-state index in [4.69, 9.17) is 0 Å². The number of rotatable bonds is 8. The fourth-order valence-corrected chi connectivity index (χ4v) is 5.11. The highest BCUT2D eigenvalue weighted by molar-refractivity contribution is 7.98. The van der Waals surface area contributed by atoms with Gasteiger partial charge in [0, 0.05) is 23.6 Å². The summed E-state index contributed by atoms with van der Waals surface area (Å²) in [4.78, 5) is 17.3. The Hall–Kier alpha value is -2.39. The number of nitrogens with one attached hydrogen (secondary N) is 2. The summed E-state index contributed by atoms with van der Waals surface area (Å²) in [5.41, 5.74) is 1.10. The second-order valence-electron chi connectivity index (χ2n) is 7.20. The molecule has 0 saturated heterocycles. The second kappa shape index (κ2) is 9.61. The standard InChI is InChI=1S/C21H24FN3O3S2/c1-14(2)19(24-20-16-8-4-6-10-18(16)30(27,28)25-20)21(26)23-11-12-29-13-15-7-3-5-9-17(15)22/h3-10,14,19H,11-13H2,1-2H3,(H,23,26)(H,24,25)/t19-/m0/s1. The van der Waals surface area contributed by atoms with Crippen LogP contribution >= 0.6 is 11.8 Å². The summed E-state index contributed by atoms with van der Waals surface area (Å²) in [5, 5.41) is 2.85. The van der Waals surface area contributed by atoms with Gasteiger partial charge in [0.15, 0.2) is 0 Å². The minimum atomic E-state index is -3.65. The molecule has 0 unspecified atom stereocenters. The first-order chi connectivity index (χ1) is 14.3. The molecule has 0 bridgehead atoms. The predicted molar refractivity (Wildman–Crippen MR) is 117 cm³/mol. The minimum absolute atomic E-state index is 0.124. The van der Waals surface area contributed by atoms with Gasteiger partial charge in [0.1, 0.15) is 17.7 Å². The van der Waals surface area contributed by atoms with Crippen molar-refractivity contribution in [3.05, 3.63) is 65.5 Å². The van der Waals surface area contributed by atoms with Crippen LogP contribution in [0.1, 0.15) is 25.0 Å². The van der Waals surface area contributed by atoms with Gasteiger partial charge in [-0.3, -0.25) is 14.5 Å². The van der Waals surface area contributed by atoms with E-state index >= 15 is 0 Å². The molecule has 0 fully saturated rings. The van der Waals surface area contributed by atoms with Gasteiger partial charge in [-0.25, -0.2) is 12.8 Å². The smallest absolute Gasteiger partial charge is 0.263 e. The van der Waals surface area contributed by atoms with Crippen LogP contribution in [0, 0.1) is 11.7 Å². The zero-order chi connectivity index (χ0) is 21.7. The van der Waals surface area contributed by atoms with Crippen LogP contribution in [0.2, 0.25) is 0 Å². The summed E-state index contributed by atoms with van der Waals surface area (Å²) in [6.07, 6.45) is 0. The Labute approximate surface area is 180 Å². The SMILES string of the molecule is CC(C)[C@H](N=C1NS(=O)(=O)c2ccccc21)C(=O)NCCSCc1ccccc1F. The molecule has 0 radical (unpaired) electrons. The largest absolute Gasteiger partial charge is 0.353 e. The molecule has 1 amide bonds. The van der Waals surface area contributed by atoms with Crippen LogP contribution in [-0.2, 0) is 20.6 Å². The van der Waals surface area contributed by atoms with Crippen molar-refractivity contribution in [3.63, 3.8) is 0 Å². The minimum Gasteiger partial charge on any atom is -0.353 e. The number of carbonyl (C=O) groups is 1. The van der Waals surface area contributed by atoms with Crippen molar-refractivity contribution in [3.8, 4) is 0 Å². The second-order valence-corrected chi connectivity index (χ2v) is 9.96. The number of halogens is 1. The van der Waals surface area contributed by atoms with E-state index in [1.807, 2.05) is 13.8 Å². The number of fused-ring (bicyclic) bond motifs is 1. The molecule has 9 heteroatoms. The van der Waals surface area contributed by atoms with Gasteiger partial charge >= 0.3 is 0 Å². The summed E-state index contributed by atoms with van der Waals surface area (Å²) in [7, 11) is -3.65. The van der Waals surface area contributed by atoms with Crippen molar-refractivity contribution in [2.24, 2.45) is 10.9 Å². The van der Waals surface area contributed by atoms with Gasteiger partial charge in [0.2, 0.25) is 5.91 Å². The van der Waals surface area contributed by atoms with Crippen molar-refractivity contribution in [2.75, 3.05) is 12.3 Å². The van der Waals surface area contributed by atoms with E-state index in [-0.39, 0.29) is 28.4 Å². The Morgan fingerprint density at radius 3 is 2.60 bits per heavy atom. The molecule has 0 aromatic heterocycles. The van der Waals surface area contributed by atoms with Gasteiger partial charge in [0.05, 0.1) is 4.90 Å². The van der Waals surface area contributed by atoms with Crippen LogP contribution < -0.4 is 10.0 Å². The van der Waals surface area contributed by atoms with E-state index in [0.29, 0.717) is 29.2 Å². The van der Waals surface area contributed by atoms with Gasteiger partial charge in [0.25, 0.3) is 10.0 Å². The maximum atomic E-state index is 13.6. The zero-order valence-corrected chi connectivity index (χ0v) is 18.4. The number of aliphatic imine (C=N–C) groups is 1. The van der Waals surface area contributed by atoms with Gasteiger partial charge in [-0.15, -0.1) is 0 Å². The van der Waals surface area contributed by atoms with E-state index in [1.165, 1.54) is 23.9 Å². The Bertz CT molecular complexity index is 1050. The van der Waals surface area contributed by atoms with Crippen LogP contribution in [-0.4, -0.2) is 38.5 Å². The first-order valence-electron chi connectivity index (χ1n) is 9.58. The first-order valence-corrected chi connectivity index (χ1v) is 12.2. The number of thioether (sulfide) groups is 1. The van der Waals surface area contributed by atoms with Crippen molar-refractivity contribution < 1.29 is 17.6 Å². The lowest BCUT2D eigenvalue weighted by Crippen LogP contribution is -2.39. The van der Waals surface area contributed by atoms with Crippen LogP contribution in [0.5, 0.6) is 0 Å². The highest BCUT2D eigenvalue weighted by Gasteiger charge is 2.32. The third-order valence-corrected chi connectivity index (χ3v) is 7.00. The van der Waals surface area contributed by atoms with Crippen LogP contribution in [0.15, 0.2) is 58.4 Å². The van der Waals surface area contributed by atoms with Gasteiger partial charge in [-0.2, -0.15) is 11.8 Å². The maximum absolute atomic E-state index is 13.6. The highest BCUT2D eigenvalue weighted by Crippen LogP contribution is 2.23. The quantitative estimate of drug-likeness (QED) is 0.607. The molecule has 1 atom stereocenters. The molecular weight excluding hydrogens is 425 g/mol.